The standard InChI is InChI=1S/C16H22N4O2Si/c1-23(2,3)10-5-6-12-11(9-10)14-13(15(21)19-18-14)16(22)20(12)8-4-7-17/h5-6,9H,4,7-8,17H2,1-3H3,(H2,18,19,21). The first kappa shape index (κ1) is 15.8. The molecule has 0 aliphatic rings. The molecule has 6 nitrogen and oxygen atoms in total. The zero-order chi connectivity index (χ0) is 16.8. The lowest BCUT2D eigenvalue weighted by molar-refractivity contribution is 0.654. The number of nitrogens with two attached hydrogens (primary N) is 1. The van der Waals surface area contributed by atoms with Gasteiger partial charge in [0.2, 0.25) is 0 Å². The molecule has 2 heterocycles. The van der Waals surface area contributed by atoms with Gasteiger partial charge in [0.15, 0.2) is 0 Å². The first-order chi connectivity index (χ1) is 10.8. The number of nitrogens with one attached hydrogen (secondary N) is 2. The Balaban J connectivity index is 2.45. The number of fused-ring (bicyclic) bond motifs is 3. The Morgan fingerprint density at radius 1 is 1.17 bits per heavy atom. The molecule has 3 aromatic rings. The van der Waals surface area contributed by atoms with E-state index in [-0.39, 0.29) is 16.5 Å². The van der Waals surface area contributed by atoms with Gasteiger partial charge in [-0.25, -0.2) is 0 Å². The molecule has 2 aromatic heterocycles. The van der Waals surface area contributed by atoms with Crippen molar-refractivity contribution in [2.24, 2.45) is 5.73 Å². The van der Waals surface area contributed by atoms with Gasteiger partial charge in [0.25, 0.3) is 11.1 Å². The number of benzene rings is 1. The Morgan fingerprint density at radius 2 is 1.91 bits per heavy atom. The molecule has 0 aliphatic heterocycles. The number of H-pyrrole nitrogens is 2. The number of nitrogens with zero attached hydrogens (tertiary/aromatic N) is 1. The molecule has 7 heteroatoms. The van der Waals surface area contributed by atoms with E-state index < -0.39 is 8.07 Å². The number of aromatic amines is 2. The average Bonchev–Trinajstić information content (AvgIpc) is 2.88. The summed E-state index contributed by atoms with van der Waals surface area (Å²) in [5.41, 5.74) is 6.40. The van der Waals surface area contributed by atoms with Crippen molar-refractivity contribution in [2.75, 3.05) is 6.54 Å². The second-order valence-corrected chi connectivity index (χ2v) is 12.0. The van der Waals surface area contributed by atoms with Crippen molar-refractivity contribution in [3.63, 3.8) is 0 Å². The normalized spacial score (nSPS) is 12.3. The van der Waals surface area contributed by atoms with E-state index >= 15 is 0 Å². The lowest BCUT2D eigenvalue weighted by Crippen LogP contribution is -2.37. The summed E-state index contributed by atoms with van der Waals surface area (Å²) < 4.78 is 1.67. The first-order valence-electron chi connectivity index (χ1n) is 7.82. The zero-order valence-electron chi connectivity index (χ0n) is 13.7. The molecular formula is C16H22N4O2Si. The fraction of sp³-hybridized carbons (Fsp3) is 0.375. The van der Waals surface area contributed by atoms with Crippen LogP contribution in [0.2, 0.25) is 19.6 Å². The van der Waals surface area contributed by atoms with Crippen LogP contribution in [0.1, 0.15) is 6.42 Å². The summed E-state index contributed by atoms with van der Waals surface area (Å²) in [4.78, 5) is 24.7. The highest BCUT2D eigenvalue weighted by molar-refractivity contribution is 6.88. The van der Waals surface area contributed by atoms with E-state index in [0.717, 1.165) is 10.9 Å². The second-order valence-electron chi connectivity index (χ2n) is 6.91. The molecule has 0 radical (unpaired) electrons. The molecule has 0 atom stereocenters. The van der Waals surface area contributed by atoms with E-state index in [1.54, 1.807) is 4.57 Å². The van der Waals surface area contributed by atoms with Gasteiger partial charge in [-0.15, -0.1) is 0 Å². The molecule has 0 saturated heterocycles. The van der Waals surface area contributed by atoms with Crippen molar-refractivity contribution in [1.29, 1.82) is 0 Å². The van der Waals surface area contributed by atoms with Crippen LogP contribution < -0.4 is 22.0 Å². The lowest BCUT2D eigenvalue weighted by Gasteiger charge is -2.18. The molecule has 0 aliphatic carbocycles. The maximum absolute atomic E-state index is 12.7. The molecule has 23 heavy (non-hydrogen) atoms. The van der Waals surface area contributed by atoms with Gasteiger partial charge in [-0.1, -0.05) is 37.0 Å². The van der Waals surface area contributed by atoms with Crippen LogP contribution in [0.5, 0.6) is 0 Å². The van der Waals surface area contributed by atoms with Crippen LogP contribution >= 0.6 is 0 Å². The van der Waals surface area contributed by atoms with Crippen LogP contribution in [0.4, 0.5) is 0 Å². The third-order valence-corrected chi connectivity index (χ3v) is 6.29. The van der Waals surface area contributed by atoms with Crippen LogP contribution in [-0.4, -0.2) is 29.4 Å². The Morgan fingerprint density at radius 3 is 2.57 bits per heavy atom. The quantitative estimate of drug-likeness (QED) is 0.624. The second kappa shape index (κ2) is 5.50. The van der Waals surface area contributed by atoms with Gasteiger partial charge in [0.1, 0.15) is 5.39 Å². The van der Waals surface area contributed by atoms with Gasteiger partial charge in [-0.2, -0.15) is 0 Å². The predicted molar refractivity (Wildman–Crippen MR) is 97.3 cm³/mol. The summed E-state index contributed by atoms with van der Waals surface area (Å²) in [6.45, 7) is 7.84. The number of rotatable bonds is 4. The molecule has 0 fully saturated rings. The summed E-state index contributed by atoms with van der Waals surface area (Å²) in [5, 5.41) is 7.82. The van der Waals surface area contributed by atoms with E-state index in [1.807, 2.05) is 6.07 Å². The van der Waals surface area contributed by atoms with Crippen molar-refractivity contribution < 1.29 is 0 Å². The molecule has 4 N–H and O–H groups in total. The van der Waals surface area contributed by atoms with Gasteiger partial charge in [-0.05, 0) is 19.0 Å². The summed E-state index contributed by atoms with van der Waals surface area (Å²) in [7, 11) is -1.50. The molecule has 1 aromatic carbocycles. The summed E-state index contributed by atoms with van der Waals surface area (Å²) in [6, 6.07) is 6.21. The van der Waals surface area contributed by atoms with E-state index in [1.165, 1.54) is 5.19 Å². The van der Waals surface area contributed by atoms with Crippen molar-refractivity contribution in [3.8, 4) is 0 Å². The van der Waals surface area contributed by atoms with Gasteiger partial charge in [-0.3, -0.25) is 19.8 Å². The van der Waals surface area contributed by atoms with E-state index in [0.29, 0.717) is 25.0 Å². The van der Waals surface area contributed by atoms with Crippen molar-refractivity contribution >= 4 is 35.1 Å². The third kappa shape index (κ3) is 2.55. The van der Waals surface area contributed by atoms with Gasteiger partial charge < -0.3 is 10.3 Å². The summed E-state index contributed by atoms with van der Waals surface area (Å²) in [5.74, 6) is 0. The highest BCUT2D eigenvalue weighted by Gasteiger charge is 2.20. The minimum absolute atomic E-state index is 0.197. The van der Waals surface area contributed by atoms with Crippen molar-refractivity contribution in [3.05, 3.63) is 38.9 Å². The maximum Gasteiger partial charge on any atom is 0.277 e. The van der Waals surface area contributed by atoms with E-state index in [9.17, 15) is 9.59 Å². The van der Waals surface area contributed by atoms with E-state index in [4.69, 9.17) is 5.73 Å². The summed E-state index contributed by atoms with van der Waals surface area (Å²) in [6.07, 6.45) is 0.693. The SMILES string of the molecule is C[Si](C)(C)c1ccc2c(c1)c1[nH][nH]c(=O)c1c(=O)n2CCCN. The van der Waals surface area contributed by atoms with Crippen LogP contribution in [0.3, 0.4) is 0 Å². The third-order valence-electron chi connectivity index (χ3n) is 4.25. The molecule has 0 saturated carbocycles. The minimum atomic E-state index is -1.50. The molecule has 122 valence electrons. The Hall–Kier alpha value is -2.12. The number of pyridine rings is 1. The number of aryl methyl sites for hydroxylation is 1. The lowest BCUT2D eigenvalue weighted by atomic mass is 10.1. The van der Waals surface area contributed by atoms with Crippen LogP contribution in [0.25, 0.3) is 21.8 Å². The van der Waals surface area contributed by atoms with E-state index in [2.05, 4.69) is 42.0 Å². The van der Waals surface area contributed by atoms with Crippen molar-refractivity contribution in [1.82, 2.24) is 14.8 Å². The summed E-state index contributed by atoms with van der Waals surface area (Å²) >= 11 is 0. The molecule has 0 spiro atoms. The Bertz CT molecular complexity index is 991. The fourth-order valence-corrected chi connectivity index (χ4v) is 4.08. The molecular weight excluding hydrogens is 308 g/mol. The van der Waals surface area contributed by atoms with Crippen LogP contribution in [0.15, 0.2) is 27.8 Å². The van der Waals surface area contributed by atoms with Gasteiger partial charge >= 0.3 is 0 Å². The monoisotopic (exact) mass is 330 g/mol. The zero-order valence-corrected chi connectivity index (χ0v) is 14.7. The smallest absolute Gasteiger partial charge is 0.277 e. The maximum atomic E-state index is 12.7. The molecule has 0 unspecified atom stereocenters. The van der Waals surface area contributed by atoms with Crippen LogP contribution in [0, 0.1) is 0 Å². The number of hydrogen-bond donors (Lipinski definition) is 3. The first-order valence-corrected chi connectivity index (χ1v) is 11.3. The van der Waals surface area contributed by atoms with Gasteiger partial charge in [0.05, 0.1) is 19.1 Å². The minimum Gasteiger partial charge on any atom is -0.330 e. The topological polar surface area (TPSA) is 96.7 Å². The highest BCUT2D eigenvalue weighted by Crippen LogP contribution is 2.20. The fourth-order valence-electron chi connectivity index (χ4n) is 2.92. The average molecular weight is 330 g/mol. The Kier molecular flexibility index (Phi) is 3.77. The molecule has 0 amide bonds. The highest BCUT2D eigenvalue weighted by atomic mass is 28.3. The van der Waals surface area contributed by atoms with Crippen molar-refractivity contribution in [2.45, 2.75) is 32.6 Å². The molecule has 3 rings (SSSR count). The van der Waals surface area contributed by atoms with Crippen LogP contribution in [-0.2, 0) is 6.54 Å². The largest absolute Gasteiger partial charge is 0.330 e. The van der Waals surface area contributed by atoms with Gasteiger partial charge in [0, 0.05) is 11.9 Å². The molecule has 0 bridgehead atoms. The Labute approximate surface area is 134 Å². The number of hydrogen-bond acceptors (Lipinski definition) is 3. The predicted octanol–water partition coefficient (Wildman–Crippen LogP) is 1.07. The number of aromatic nitrogens is 3.